The monoisotopic (exact) mass is 386 g/mol. The minimum atomic E-state index is -1.61. The van der Waals surface area contributed by atoms with Crippen LogP contribution in [-0.2, 0) is 20.7 Å². The Kier molecular flexibility index (Phi) is 4.15. The fourth-order valence-corrected chi connectivity index (χ4v) is 4.28. The molecule has 0 aromatic heterocycles. The van der Waals surface area contributed by atoms with E-state index in [-0.39, 0.29) is 25.3 Å². The number of barbiturate groups is 1. The third-order valence-corrected chi connectivity index (χ3v) is 5.56. The number of morpholine rings is 1. The van der Waals surface area contributed by atoms with Crippen LogP contribution in [-0.4, -0.2) is 60.0 Å². The predicted molar refractivity (Wildman–Crippen MR) is 96.6 cm³/mol. The summed E-state index contributed by atoms with van der Waals surface area (Å²) in [6.45, 7) is 4.46. The van der Waals surface area contributed by atoms with Gasteiger partial charge < -0.3 is 9.64 Å². The lowest BCUT2D eigenvalue weighted by Gasteiger charge is -2.53. The average molecular weight is 386 g/mol. The predicted octanol–water partition coefficient (Wildman–Crippen LogP) is 0.607. The summed E-state index contributed by atoms with van der Waals surface area (Å²) in [5, 5.41) is 13.5. The van der Waals surface area contributed by atoms with E-state index in [0.29, 0.717) is 18.7 Å². The first kappa shape index (κ1) is 18.1. The second kappa shape index (κ2) is 6.41. The van der Waals surface area contributed by atoms with Crippen molar-refractivity contribution < 1.29 is 24.0 Å². The zero-order chi connectivity index (χ0) is 20.1. The van der Waals surface area contributed by atoms with Crippen LogP contribution in [0.15, 0.2) is 30.9 Å². The first-order valence-corrected chi connectivity index (χ1v) is 8.80. The molecule has 1 spiro atoms. The quantitative estimate of drug-likeness (QED) is 0.349. The molecule has 2 saturated heterocycles. The highest BCUT2D eigenvalue weighted by Crippen LogP contribution is 2.46. The fourth-order valence-electron chi connectivity index (χ4n) is 4.28. The molecule has 0 saturated carbocycles. The molecular formula is C18H18N4O6. The second-order valence-electron chi connectivity index (χ2n) is 6.97. The summed E-state index contributed by atoms with van der Waals surface area (Å²) in [4.78, 5) is 52.1. The van der Waals surface area contributed by atoms with E-state index in [4.69, 9.17) is 4.74 Å². The molecule has 0 aliphatic carbocycles. The van der Waals surface area contributed by atoms with E-state index < -0.39 is 34.2 Å². The van der Waals surface area contributed by atoms with Gasteiger partial charge in [-0.1, -0.05) is 6.08 Å². The molecule has 1 aromatic rings. The third-order valence-electron chi connectivity index (χ3n) is 5.56. The Labute approximate surface area is 159 Å². The largest absolute Gasteiger partial charge is 0.377 e. The molecule has 3 heterocycles. The molecular weight excluding hydrogens is 368 g/mol. The maximum absolute atomic E-state index is 13.4. The Hall–Kier alpha value is -3.27. The lowest BCUT2D eigenvalue weighted by molar-refractivity contribution is -0.384. The maximum atomic E-state index is 13.4. The number of fused-ring (bicyclic) bond motifs is 4. The summed E-state index contributed by atoms with van der Waals surface area (Å²) < 4.78 is 5.56. The Bertz CT molecular complexity index is 915. The van der Waals surface area contributed by atoms with Gasteiger partial charge in [-0.05, 0) is 11.6 Å². The lowest BCUT2D eigenvalue weighted by Crippen LogP contribution is -2.73. The summed E-state index contributed by atoms with van der Waals surface area (Å²) >= 11 is 0. The van der Waals surface area contributed by atoms with Crippen LogP contribution in [0.5, 0.6) is 0 Å². The van der Waals surface area contributed by atoms with Gasteiger partial charge in [-0.3, -0.25) is 29.9 Å². The summed E-state index contributed by atoms with van der Waals surface area (Å²) in [7, 11) is 0. The zero-order valence-corrected chi connectivity index (χ0v) is 14.9. The summed E-state index contributed by atoms with van der Waals surface area (Å²) in [6, 6.07) is 3.00. The molecule has 10 heteroatoms. The molecule has 2 atom stereocenters. The van der Waals surface area contributed by atoms with Crippen molar-refractivity contribution in [2.24, 2.45) is 5.41 Å². The van der Waals surface area contributed by atoms with Crippen molar-refractivity contribution in [2.45, 2.75) is 12.5 Å². The number of nitrogens with one attached hydrogen (secondary N) is 1. The summed E-state index contributed by atoms with van der Waals surface area (Å²) in [5.41, 5.74) is -0.483. The van der Waals surface area contributed by atoms with E-state index in [1.165, 1.54) is 18.2 Å². The van der Waals surface area contributed by atoms with Crippen molar-refractivity contribution in [1.82, 2.24) is 10.2 Å². The van der Waals surface area contributed by atoms with Crippen LogP contribution < -0.4 is 10.2 Å². The van der Waals surface area contributed by atoms with E-state index >= 15 is 0 Å². The first-order valence-electron chi connectivity index (χ1n) is 8.80. The number of hydrogen-bond donors (Lipinski definition) is 1. The Morgan fingerprint density at radius 2 is 2.18 bits per heavy atom. The standard InChI is InChI=1S/C18H18N4O6/c1-2-5-21-16(24)18(15(23)19-17(21)25)9-11-8-12(22(26)27)3-4-13(11)20-6-7-28-10-14(18)20/h2-4,8,14H,1,5-7,9-10H2,(H,19,23,25)/t14-,18+/m1/s1. The van der Waals surface area contributed by atoms with Crippen molar-refractivity contribution >= 4 is 29.2 Å². The number of amides is 4. The van der Waals surface area contributed by atoms with Crippen LogP contribution in [0.4, 0.5) is 16.2 Å². The van der Waals surface area contributed by atoms with Gasteiger partial charge in [0.1, 0.15) is 0 Å². The first-order chi connectivity index (χ1) is 13.4. The Morgan fingerprint density at radius 1 is 1.39 bits per heavy atom. The van der Waals surface area contributed by atoms with Gasteiger partial charge in [-0.2, -0.15) is 0 Å². The smallest absolute Gasteiger partial charge is 0.331 e. The number of nitro groups is 1. The molecule has 4 amide bonds. The van der Waals surface area contributed by atoms with Crippen LogP contribution in [0.25, 0.3) is 0 Å². The van der Waals surface area contributed by atoms with Crippen molar-refractivity contribution in [3.8, 4) is 0 Å². The van der Waals surface area contributed by atoms with Crippen molar-refractivity contribution in [1.29, 1.82) is 0 Å². The molecule has 4 rings (SSSR count). The molecule has 3 aliphatic rings. The fraction of sp³-hybridized carbons (Fsp3) is 0.389. The summed E-state index contributed by atoms with van der Waals surface area (Å²) in [5.74, 6) is -1.35. The highest BCUT2D eigenvalue weighted by molar-refractivity contribution is 6.20. The summed E-state index contributed by atoms with van der Waals surface area (Å²) in [6.07, 6.45) is 1.35. The number of imide groups is 2. The molecule has 3 aliphatic heterocycles. The normalized spacial score (nSPS) is 26.6. The highest BCUT2D eigenvalue weighted by atomic mass is 16.6. The van der Waals surface area contributed by atoms with Crippen molar-refractivity contribution in [3.05, 3.63) is 46.5 Å². The third kappa shape index (κ3) is 2.41. The number of urea groups is 1. The second-order valence-corrected chi connectivity index (χ2v) is 6.97. The van der Waals surface area contributed by atoms with Crippen LogP contribution in [0, 0.1) is 15.5 Å². The molecule has 1 aromatic carbocycles. The van der Waals surface area contributed by atoms with Gasteiger partial charge >= 0.3 is 6.03 Å². The molecule has 28 heavy (non-hydrogen) atoms. The number of carbonyl (C=O) groups is 3. The van der Waals surface area contributed by atoms with E-state index in [0.717, 1.165) is 10.6 Å². The zero-order valence-electron chi connectivity index (χ0n) is 14.9. The van der Waals surface area contributed by atoms with Gasteiger partial charge in [0.05, 0.1) is 24.2 Å². The van der Waals surface area contributed by atoms with Gasteiger partial charge in [0, 0.05) is 37.3 Å². The lowest BCUT2D eigenvalue weighted by atomic mass is 9.68. The highest BCUT2D eigenvalue weighted by Gasteiger charge is 2.62. The number of benzene rings is 1. The topological polar surface area (TPSA) is 122 Å². The molecule has 10 nitrogen and oxygen atoms in total. The number of rotatable bonds is 3. The van der Waals surface area contributed by atoms with Gasteiger partial charge in [0.25, 0.3) is 5.69 Å². The van der Waals surface area contributed by atoms with Crippen LogP contribution in [0.3, 0.4) is 0 Å². The van der Waals surface area contributed by atoms with E-state index in [1.807, 2.05) is 4.90 Å². The van der Waals surface area contributed by atoms with Gasteiger partial charge in [-0.15, -0.1) is 6.58 Å². The molecule has 146 valence electrons. The molecule has 0 bridgehead atoms. The van der Waals surface area contributed by atoms with Gasteiger partial charge in [0.15, 0.2) is 5.41 Å². The van der Waals surface area contributed by atoms with Crippen molar-refractivity contribution in [3.63, 3.8) is 0 Å². The number of non-ortho nitro benzene ring substituents is 1. The van der Waals surface area contributed by atoms with E-state index in [9.17, 15) is 24.5 Å². The minimum Gasteiger partial charge on any atom is -0.377 e. The number of carbonyl (C=O) groups excluding carboxylic acids is 3. The SMILES string of the molecule is C=CCN1C(=O)NC(=O)[C@@]2(Cc3cc([N+](=O)[O-])ccc3N3CCOC[C@@H]32)C1=O. The van der Waals surface area contributed by atoms with E-state index in [2.05, 4.69) is 11.9 Å². The number of ether oxygens (including phenoxy) is 1. The minimum absolute atomic E-state index is 0.0466. The van der Waals surface area contributed by atoms with Gasteiger partial charge in [-0.25, -0.2) is 4.79 Å². The van der Waals surface area contributed by atoms with Crippen molar-refractivity contribution in [2.75, 3.05) is 31.2 Å². The van der Waals surface area contributed by atoms with Gasteiger partial charge in [0.2, 0.25) is 11.8 Å². The molecule has 0 unspecified atom stereocenters. The molecule has 2 fully saturated rings. The van der Waals surface area contributed by atoms with Crippen LogP contribution in [0.2, 0.25) is 0 Å². The molecule has 0 radical (unpaired) electrons. The number of hydrogen-bond acceptors (Lipinski definition) is 7. The number of anilines is 1. The Morgan fingerprint density at radius 3 is 2.89 bits per heavy atom. The maximum Gasteiger partial charge on any atom is 0.331 e. The molecule has 1 N–H and O–H groups in total. The average Bonchev–Trinajstić information content (AvgIpc) is 2.69. The Balaban J connectivity index is 1.88. The van der Waals surface area contributed by atoms with E-state index in [1.54, 1.807) is 6.07 Å². The van der Waals surface area contributed by atoms with Crippen LogP contribution >= 0.6 is 0 Å². The number of nitrogens with zero attached hydrogens (tertiary/aromatic N) is 3. The number of nitro benzene ring substituents is 1. The van der Waals surface area contributed by atoms with Crippen LogP contribution in [0.1, 0.15) is 5.56 Å².